The van der Waals surface area contributed by atoms with Crippen LogP contribution in [-0.4, -0.2) is 12.6 Å². The van der Waals surface area contributed by atoms with E-state index in [1.165, 1.54) is 30.3 Å². The maximum Gasteiger partial charge on any atom is 0.315 e. The Morgan fingerprint density at radius 2 is 2.09 bits per heavy atom. The van der Waals surface area contributed by atoms with Gasteiger partial charge in [-0.1, -0.05) is 29.8 Å². The molecule has 0 aliphatic carbocycles. The quantitative estimate of drug-likeness (QED) is 0.615. The van der Waals surface area contributed by atoms with Crippen molar-refractivity contribution in [2.75, 3.05) is 6.61 Å². The highest BCUT2D eigenvalue weighted by Crippen LogP contribution is 2.36. The fraction of sp³-hybridized carbons (Fsp3) is 0.176. The number of nitrogens with zero attached hydrogens (tertiary/aromatic N) is 1. The normalized spacial score (nSPS) is 10.0. The fourth-order valence-corrected chi connectivity index (χ4v) is 2.19. The third-order valence-corrected chi connectivity index (χ3v) is 3.23. The highest BCUT2D eigenvalue weighted by Gasteiger charge is 2.17. The Hall–Kier alpha value is -2.58. The van der Waals surface area contributed by atoms with E-state index in [0.717, 1.165) is 0 Å². The maximum atomic E-state index is 13.6. The Balaban J connectivity index is 2.23. The Kier molecular flexibility index (Phi) is 5.56. The predicted molar refractivity (Wildman–Crippen MR) is 83.1 cm³/mol. The summed E-state index contributed by atoms with van der Waals surface area (Å²) < 4.78 is 24.1. The third-order valence-electron chi connectivity index (χ3n) is 2.95. The zero-order valence-corrected chi connectivity index (χ0v) is 13.1. The van der Waals surface area contributed by atoms with Crippen molar-refractivity contribution in [2.24, 2.45) is 0 Å². The van der Waals surface area contributed by atoms with Gasteiger partial charge in [0.15, 0.2) is 11.5 Å². The molecule has 0 aromatic heterocycles. The van der Waals surface area contributed by atoms with E-state index >= 15 is 0 Å². The van der Waals surface area contributed by atoms with Crippen LogP contribution in [0.3, 0.4) is 0 Å². The Morgan fingerprint density at radius 3 is 2.74 bits per heavy atom. The van der Waals surface area contributed by atoms with E-state index in [2.05, 4.69) is 0 Å². The number of rotatable bonds is 5. The Morgan fingerprint density at radius 1 is 1.35 bits per heavy atom. The van der Waals surface area contributed by atoms with Gasteiger partial charge in [0.1, 0.15) is 5.82 Å². The van der Waals surface area contributed by atoms with Crippen LogP contribution in [0.1, 0.15) is 18.1 Å². The molecule has 0 heterocycles. The van der Waals surface area contributed by atoms with Crippen LogP contribution >= 0.6 is 11.6 Å². The topological polar surface area (TPSA) is 59.3 Å². The van der Waals surface area contributed by atoms with Crippen LogP contribution in [0.15, 0.2) is 36.4 Å². The predicted octanol–water partition coefficient (Wildman–Crippen LogP) is 3.90. The van der Waals surface area contributed by atoms with E-state index in [4.69, 9.17) is 26.3 Å². The number of ether oxygens (including phenoxy) is 2. The molecule has 0 amide bonds. The van der Waals surface area contributed by atoms with Crippen molar-refractivity contribution in [1.29, 1.82) is 5.26 Å². The molecule has 0 spiro atoms. The molecule has 0 fully saturated rings. The molecular formula is C17H13ClFNO3. The molecule has 0 unspecified atom stereocenters. The van der Waals surface area contributed by atoms with Gasteiger partial charge in [0.25, 0.3) is 0 Å². The molecule has 118 valence electrons. The molecule has 0 saturated carbocycles. The van der Waals surface area contributed by atoms with Crippen molar-refractivity contribution in [3.8, 4) is 17.6 Å². The van der Waals surface area contributed by atoms with Crippen molar-refractivity contribution >= 4 is 17.6 Å². The number of nitriles is 1. The number of carbonyl (C=O) groups is 1. The highest BCUT2D eigenvalue weighted by molar-refractivity contribution is 6.32. The Labute approximate surface area is 138 Å². The standard InChI is InChI=1S/C17H13ClFNO3/c1-2-22-15-8-11(10-20)7-13(18)17(15)23-16(21)9-12-5-3-4-6-14(12)19/h3-8H,2,9H2,1H3. The van der Waals surface area contributed by atoms with E-state index in [0.29, 0.717) is 6.61 Å². The van der Waals surface area contributed by atoms with Gasteiger partial charge in [0, 0.05) is 6.07 Å². The minimum Gasteiger partial charge on any atom is -0.490 e. The second-order valence-corrected chi connectivity index (χ2v) is 4.98. The number of hydrogen-bond acceptors (Lipinski definition) is 4. The smallest absolute Gasteiger partial charge is 0.315 e. The lowest BCUT2D eigenvalue weighted by Crippen LogP contribution is -2.13. The molecule has 0 atom stereocenters. The fourth-order valence-electron chi connectivity index (χ4n) is 1.94. The molecule has 23 heavy (non-hydrogen) atoms. The van der Waals surface area contributed by atoms with Gasteiger partial charge in [-0.2, -0.15) is 5.26 Å². The number of hydrogen-bond donors (Lipinski definition) is 0. The van der Waals surface area contributed by atoms with Gasteiger partial charge in [0.05, 0.1) is 29.7 Å². The first-order valence-electron chi connectivity index (χ1n) is 6.85. The van der Waals surface area contributed by atoms with Crippen LogP contribution in [0.5, 0.6) is 11.5 Å². The van der Waals surface area contributed by atoms with E-state index in [9.17, 15) is 9.18 Å². The van der Waals surface area contributed by atoms with Gasteiger partial charge >= 0.3 is 5.97 Å². The van der Waals surface area contributed by atoms with Crippen LogP contribution in [-0.2, 0) is 11.2 Å². The first-order chi connectivity index (χ1) is 11.0. The summed E-state index contributed by atoms with van der Waals surface area (Å²) in [6, 6.07) is 10.7. The van der Waals surface area contributed by atoms with Crippen LogP contribution in [0, 0.1) is 17.1 Å². The van der Waals surface area contributed by atoms with E-state index in [1.807, 2.05) is 6.07 Å². The number of esters is 1. The van der Waals surface area contributed by atoms with Crippen molar-refractivity contribution in [1.82, 2.24) is 0 Å². The molecule has 4 nitrogen and oxygen atoms in total. The van der Waals surface area contributed by atoms with Gasteiger partial charge in [0.2, 0.25) is 0 Å². The summed E-state index contributed by atoms with van der Waals surface area (Å²) in [5, 5.41) is 9.02. The summed E-state index contributed by atoms with van der Waals surface area (Å²) in [6.45, 7) is 2.06. The van der Waals surface area contributed by atoms with E-state index in [-0.39, 0.29) is 34.1 Å². The lowest BCUT2D eigenvalue weighted by molar-refractivity contribution is -0.133. The van der Waals surface area contributed by atoms with Gasteiger partial charge in [-0.05, 0) is 24.6 Å². The van der Waals surface area contributed by atoms with Crippen molar-refractivity contribution in [2.45, 2.75) is 13.3 Å². The zero-order chi connectivity index (χ0) is 16.8. The van der Waals surface area contributed by atoms with E-state index in [1.54, 1.807) is 13.0 Å². The summed E-state index contributed by atoms with van der Waals surface area (Å²) in [6.07, 6.45) is -0.241. The molecule has 2 rings (SSSR count). The highest BCUT2D eigenvalue weighted by atomic mass is 35.5. The number of carbonyl (C=O) groups excluding carboxylic acids is 1. The van der Waals surface area contributed by atoms with Crippen molar-refractivity contribution in [3.05, 3.63) is 58.4 Å². The molecule has 0 radical (unpaired) electrons. The molecule has 6 heteroatoms. The molecule has 0 bridgehead atoms. The second kappa shape index (κ2) is 7.61. The van der Waals surface area contributed by atoms with Gasteiger partial charge < -0.3 is 9.47 Å². The monoisotopic (exact) mass is 333 g/mol. The first kappa shape index (κ1) is 16.8. The van der Waals surface area contributed by atoms with Gasteiger partial charge in [-0.15, -0.1) is 0 Å². The molecule has 0 aliphatic rings. The Bertz CT molecular complexity index is 771. The minimum absolute atomic E-state index is 0.0221. The summed E-state index contributed by atoms with van der Waals surface area (Å²) in [5.74, 6) is -0.949. The van der Waals surface area contributed by atoms with Crippen molar-refractivity contribution < 1.29 is 18.7 Å². The van der Waals surface area contributed by atoms with Crippen LogP contribution in [0.25, 0.3) is 0 Å². The minimum atomic E-state index is -0.678. The molecule has 0 N–H and O–H groups in total. The average molecular weight is 334 g/mol. The average Bonchev–Trinajstić information content (AvgIpc) is 2.53. The summed E-state index contributed by atoms with van der Waals surface area (Å²) in [7, 11) is 0. The van der Waals surface area contributed by atoms with Crippen molar-refractivity contribution in [3.63, 3.8) is 0 Å². The van der Waals surface area contributed by atoms with E-state index < -0.39 is 11.8 Å². The first-order valence-corrected chi connectivity index (χ1v) is 7.23. The molecule has 2 aromatic carbocycles. The third kappa shape index (κ3) is 4.21. The molecule has 0 aliphatic heterocycles. The number of benzene rings is 2. The molecule has 2 aromatic rings. The maximum absolute atomic E-state index is 13.6. The summed E-state index contributed by atoms with van der Waals surface area (Å²) in [5.41, 5.74) is 0.507. The SMILES string of the molecule is CCOc1cc(C#N)cc(Cl)c1OC(=O)Cc1ccccc1F. The second-order valence-electron chi connectivity index (χ2n) is 4.57. The zero-order valence-electron chi connectivity index (χ0n) is 12.3. The molecule has 0 saturated heterocycles. The van der Waals surface area contributed by atoms with Gasteiger partial charge in [-0.3, -0.25) is 4.79 Å². The largest absolute Gasteiger partial charge is 0.490 e. The van der Waals surface area contributed by atoms with Gasteiger partial charge in [-0.25, -0.2) is 4.39 Å². The lowest BCUT2D eigenvalue weighted by Gasteiger charge is -2.12. The number of halogens is 2. The summed E-state index contributed by atoms with van der Waals surface area (Å²) >= 11 is 6.04. The summed E-state index contributed by atoms with van der Waals surface area (Å²) in [4.78, 5) is 12.0. The van der Waals surface area contributed by atoms with Crippen LogP contribution in [0.4, 0.5) is 4.39 Å². The lowest BCUT2D eigenvalue weighted by atomic mass is 10.1. The van der Waals surface area contributed by atoms with Crippen LogP contribution < -0.4 is 9.47 Å². The molecular weight excluding hydrogens is 321 g/mol. The van der Waals surface area contributed by atoms with Crippen LogP contribution in [0.2, 0.25) is 5.02 Å².